The lowest BCUT2D eigenvalue weighted by Crippen LogP contribution is -2.08. The van der Waals surface area contributed by atoms with Gasteiger partial charge in [0.1, 0.15) is 0 Å². The molecule has 0 fully saturated rings. The highest BCUT2D eigenvalue weighted by Crippen LogP contribution is 2.31. The van der Waals surface area contributed by atoms with Crippen LogP contribution in [0.4, 0.5) is 11.0 Å². The molecule has 0 aliphatic heterocycles. The quantitative estimate of drug-likeness (QED) is 0.573. The van der Waals surface area contributed by atoms with Gasteiger partial charge in [-0.2, -0.15) is 0 Å². The molecule has 4 rings (SSSR count). The average Bonchev–Trinajstić information content (AvgIpc) is 3.30. The van der Waals surface area contributed by atoms with Gasteiger partial charge in [-0.25, -0.2) is 14.5 Å². The van der Waals surface area contributed by atoms with Gasteiger partial charge in [0.2, 0.25) is 21.9 Å². The number of aromatic nitrogens is 4. The molecule has 0 aliphatic carbocycles. The second-order valence-corrected chi connectivity index (χ2v) is 5.76. The van der Waals surface area contributed by atoms with Crippen LogP contribution in [0.25, 0.3) is 16.2 Å². The van der Waals surface area contributed by atoms with Gasteiger partial charge in [0, 0.05) is 30.9 Å². The number of anilines is 2. The number of rotatable bonds is 4. The first-order valence-electron chi connectivity index (χ1n) is 6.88. The van der Waals surface area contributed by atoms with Crippen LogP contribution >= 0.6 is 11.3 Å². The SMILES string of the molecule is COc1ccc(-c2cnc3sc(N(C)c4ccco4)nn23)cn1. The number of ether oxygens (including phenoxy) is 1. The van der Waals surface area contributed by atoms with Crippen LogP contribution in [0.1, 0.15) is 0 Å². The van der Waals surface area contributed by atoms with Gasteiger partial charge in [0.05, 0.1) is 25.3 Å². The molecule has 0 aliphatic rings. The largest absolute Gasteiger partial charge is 0.481 e. The van der Waals surface area contributed by atoms with E-state index in [0.29, 0.717) is 5.88 Å². The van der Waals surface area contributed by atoms with Crippen molar-refractivity contribution in [2.45, 2.75) is 0 Å². The summed E-state index contributed by atoms with van der Waals surface area (Å²) in [4.78, 5) is 11.3. The van der Waals surface area contributed by atoms with E-state index in [0.717, 1.165) is 27.2 Å². The summed E-state index contributed by atoms with van der Waals surface area (Å²) in [7, 11) is 3.50. The third-order valence-corrected chi connectivity index (χ3v) is 4.44. The highest BCUT2D eigenvalue weighted by Gasteiger charge is 2.16. The van der Waals surface area contributed by atoms with Crippen molar-refractivity contribution in [3.05, 3.63) is 42.9 Å². The van der Waals surface area contributed by atoms with Crippen LogP contribution in [-0.4, -0.2) is 33.7 Å². The number of hydrogen-bond donors (Lipinski definition) is 0. The van der Waals surface area contributed by atoms with Gasteiger partial charge < -0.3 is 9.15 Å². The maximum absolute atomic E-state index is 5.40. The molecule has 4 aromatic rings. The Morgan fingerprint density at radius 1 is 1.22 bits per heavy atom. The van der Waals surface area contributed by atoms with Crippen LogP contribution in [0.5, 0.6) is 5.88 Å². The Hall–Kier alpha value is -2.87. The Labute approximate surface area is 135 Å². The molecule has 0 saturated heterocycles. The fourth-order valence-electron chi connectivity index (χ4n) is 2.22. The summed E-state index contributed by atoms with van der Waals surface area (Å²) in [6.07, 6.45) is 5.18. The molecular weight excluding hydrogens is 314 g/mol. The van der Waals surface area contributed by atoms with Gasteiger partial charge >= 0.3 is 0 Å². The van der Waals surface area contributed by atoms with Crippen molar-refractivity contribution in [3.8, 4) is 17.1 Å². The first kappa shape index (κ1) is 13.8. The molecule has 8 heteroatoms. The number of fused-ring (bicyclic) bond motifs is 1. The van der Waals surface area contributed by atoms with Crippen LogP contribution in [0, 0.1) is 0 Å². The van der Waals surface area contributed by atoms with Crippen molar-refractivity contribution in [1.82, 2.24) is 19.6 Å². The Morgan fingerprint density at radius 3 is 2.83 bits per heavy atom. The Kier molecular flexibility index (Phi) is 3.23. The third kappa shape index (κ3) is 2.33. The fraction of sp³-hybridized carbons (Fsp3) is 0.133. The summed E-state index contributed by atoms with van der Waals surface area (Å²) in [5, 5.41) is 5.42. The first-order chi connectivity index (χ1) is 11.3. The molecule has 4 heterocycles. The molecule has 0 bridgehead atoms. The topological polar surface area (TPSA) is 68.7 Å². The number of furan rings is 1. The number of hydrogen-bond acceptors (Lipinski definition) is 7. The number of pyridine rings is 1. The maximum atomic E-state index is 5.40. The molecule has 0 saturated carbocycles. The van der Waals surface area contributed by atoms with E-state index in [1.807, 2.05) is 40.7 Å². The molecule has 0 aromatic carbocycles. The van der Waals surface area contributed by atoms with Crippen molar-refractivity contribution in [2.24, 2.45) is 0 Å². The second kappa shape index (κ2) is 5.40. The minimum absolute atomic E-state index is 0.575. The predicted molar refractivity (Wildman–Crippen MR) is 87.4 cm³/mol. The van der Waals surface area contributed by atoms with Crippen molar-refractivity contribution < 1.29 is 9.15 Å². The van der Waals surface area contributed by atoms with Gasteiger partial charge in [0.25, 0.3) is 0 Å². The van der Waals surface area contributed by atoms with E-state index in [1.54, 1.807) is 25.8 Å². The van der Waals surface area contributed by atoms with E-state index >= 15 is 0 Å². The van der Waals surface area contributed by atoms with E-state index in [2.05, 4.69) is 15.1 Å². The van der Waals surface area contributed by atoms with Crippen molar-refractivity contribution >= 4 is 27.3 Å². The Bertz CT molecular complexity index is 927. The summed E-state index contributed by atoms with van der Waals surface area (Å²) in [6, 6.07) is 7.49. The standard InChI is InChI=1S/C15H13N5O2S/c1-19(13-4-3-7-22-13)15-18-20-11(9-17-14(20)23-15)10-5-6-12(21-2)16-8-10/h3-9H,1-2H3. The fourth-order valence-corrected chi connectivity index (χ4v) is 3.07. The minimum Gasteiger partial charge on any atom is -0.481 e. The summed E-state index contributed by atoms with van der Waals surface area (Å²) in [6.45, 7) is 0. The van der Waals surface area contributed by atoms with E-state index < -0.39 is 0 Å². The monoisotopic (exact) mass is 327 g/mol. The lowest BCUT2D eigenvalue weighted by atomic mass is 10.2. The van der Waals surface area contributed by atoms with Crippen molar-refractivity contribution in [1.29, 1.82) is 0 Å². The van der Waals surface area contributed by atoms with Crippen LogP contribution in [0.15, 0.2) is 47.3 Å². The zero-order chi connectivity index (χ0) is 15.8. The molecule has 0 spiro atoms. The number of methoxy groups -OCH3 is 1. The molecule has 0 radical (unpaired) electrons. The average molecular weight is 327 g/mol. The summed E-state index contributed by atoms with van der Waals surface area (Å²) >= 11 is 1.49. The molecule has 4 aromatic heterocycles. The maximum Gasteiger partial charge on any atom is 0.214 e. The van der Waals surface area contributed by atoms with Gasteiger partial charge in [-0.05, 0) is 12.1 Å². The number of nitrogens with zero attached hydrogens (tertiary/aromatic N) is 5. The van der Waals surface area contributed by atoms with Crippen LogP contribution in [0.2, 0.25) is 0 Å². The van der Waals surface area contributed by atoms with Crippen molar-refractivity contribution in [3.63, 3.8) is 0 Å². The van der Waals surface area contributed by atoms with Gasteiger partial charge in [0.15, 0.2) is 0 Å². The summed E-state index contributed by atoms with van der Waals surface area (Å²) in [5.41, 5.74) is 1.81. The molecule has 0 amide bonds. The van der Waals surface area contributed by atoms with E-state index in [4.69, 9.17) is 9.15 Å². The minimum atomic E-state index is 0.575. The molecule has 7 nitrogen and oxygen atoms in total. The summed E-state index contributed by atoms with van der Waals surface area (Å²) < 4.78 is 12.3. The van der Waals surface area contributed by atoms with Crippen molar-refractivity contribution in [2.75, 3.05) is 19.1 Å². The summed E-state index contributed by atoms with van der Waals surface area (Å²) in [5.74, 6) is 1.31. The van der Waals surface area contributed by atoms with E-state index in [1.165, 1.54) is 11.3 Å². The normalized spacial score (nSPS) is 11.0. The predicted octanol–water partition coefficient (Wildman–Crippen LogP) is 3.22. The highest BCUT2D eigenvalue weighted by molar-refractivity contribution is 7.20. The smallest absolute Gasteiger partial charge is 0.214 e. The Balaban J connectivity index is 1.74. The molecule has 23 heavy (non-hydrogen) atoms. The van der Waals surface area contributed by atoms with Gasteiger partial charge in [-0.3, -0.25) is 4.90 Å². The second-order valence-electron chi connectivity index (χ2n) is 4.82. The van der Waals surface area contributed by atoms with Crippen LogP contribution in [-0.2, 0) is 0 Å². The van der Waals surface area contributed by atoms with Gasteiger partial charge in [-0.1, -0.05) is 11.3 Å². The zero-order valence-electron chi connectivity index (χ0n) is 12.5. The van der Waals surface area contributed by atoms with Gasteiger partial charge in [-0.15, -0.1) is 5.10 Å². The lowest BCUT2D eigenvalue weighted by molar-refractivity contribution is 0.398. The van der Waals surface area contributed by atoms with Crippen LogP contribution in [0.3, 0.4) is 0 Å². The number of imidazole rings is 1. The molecule has 0 unspecified atom stereocenters. The molecular formula is C15H13N5O2S. The zero-order valence-corrected chi connectivity index (χ0v) is 13.3. The Morgan fingerprint density at radius 2 is 2.13 bits per heavy atom. The lowest BCUT2D eigenvalue weighted by Gasteiger charge is -2.10. The van der Waals surface area contributed by atoms with Crippen LogP contribution < -0.4 is 9.64 Å². The third-order valence-electron chi connectivity index (χ3n) is 3.44. The molecule has 116 valence electrons. The first-order valence-corrected chi connectivity index (χ1v) is 7.70. The highest BCUT2D eigenvalue weighted by atomic mass is 32.1. The van der Waals surface area contributed by atoms with E-state index in [9.17, 15) is 0 Å². The molecule has 0 N–H and O–H groups in total. The van der Waals surface area contributed by atoms with E-state index in [-0.39, 0.29) is 0 Å². The molecule has 0 atom stereocenters.